The molecule has 0 aliphatic heterocycles. The molecule has 0 aromatic heterocycles. The van der Waals surface area contributed by atoms with Crippen molar-refractivity contribution < 1.29 is 31.4 Å². The number of alkyl halides is 5. The van der Waals surface area contributed by atoms with Crippen LogP contribution in [0.15, 0.2) is 48.5 Å². The van der Waals surface area contributed by atoms with Crippen LogP contribution in [0.4, 0.5) is 22.0 Å². The van der Waals surface area contributed by atoms with Gasteiger partial charge in [0.1, 0.15) is 11.5 Å². The SMILES string of the molecule is CCCCOc1ccc(C(C)(C)c2ccc(OCC(F)(F)C(F)(F)F)cc2)cc1. The lowest BCUT2D eigenvalue weighted by Crippen LogP contribution is -2.41. The Morgan fingerprint density at radius 2 is 1.17 bits per heavy atom. The monoisotopic (exact) mass is 416 g/mol. The molecule has 0 fully saturated rings. The summed E-state index contributed by atoms with van der Waals surface area (Å²) in [5.41, 5.74) is 1.47. The van der Waals surface area contributed by atoms with Gasteiger partial charge in [-0.2, -0.15) is 22.0 Å². The van der Waals surface area contributed by atoms with Crippen LogP contribution in [0.3, 0.4) is 0 Å². The summed E-state index contributed by atoms with van der Waals surface area (Å²) in [7, 11) is 0. The highest BCUT2D eigenvalue weighted by Crippen LogP contribution is 2.36. The highest BCUT2D eigenvalue weighted by Gasteiger charge is 2.58. The molecule has 2 aromatic rings. The van der Waals surface area contributed by atoms with E-state index in [-0.39, 0.29) is 5.75 Å². The zero-order valence-corrected chi connectivity index (χ0v) is 16.7. The number of rotatable bonds is 9. The Hall–Kier alpha value is -2.31. The molecule has 0 spiro atoms. The van der Waals surface area contributed by atoms with Crippen molar-refractivity contribution in [1.82, 2.24) is 0 Å². The molecule has 29 heavy (non-hydrogen) atoms. The van der Waals surface area contributed by atoms with Gasteiger partial charge in [-0.3, -0.25) is 0 Å². The van der Waals surface area contributed by atoms with Crippen molar-refractivity contribution in [2.45, 2.75) is 51.1 Å². The van der Waals surface area contributed by atoms with E-state index in [4.69, 9.17) is 4.74 Å². The smallest absolute Gasteiger partial charge is 0.456 e. The van der Waals surface area contributed by atoms with Crippen molar-refractivity contribution >= 4 is 0 Å². The van der Waals surface area contributed by atoms with Crippen molar-refractivity contribution in [1.29, 1.82) is 0 Å². The quantitative estimate of drug-likeness (QED) is 0.332. The summed E-state index contributed by atoms with van der Waals surface area (Å²) in [4.78, 5) is 0. The molecule has 0 atom stereocenters. The number of unbranched alkanes of at least 4 members (excludes halogenated alkanes) is 1. The third-order valence-electron chi connectivity index (χ3n) is 4.75. The maximum absolute atomic E-state index is 13.0. The summed E-state index contributed by atoms with van der Waals surface area (Å²) in [5.74, 6) is -4.16. The van der Waals surface area contributed by atoms with Crippen LogP contribution in [0.25, 0.3) is 0 Å². The van der Waals surface area contributed by atoms with E-state index in [1.165, 1.54) is 12.1 Å². The highest BCUT2D eigenvalue weighted by molar-refractivity contribution is 5.41. The average Bonchev–Trinajstić information content (AvgIpc) is 2.66. The van der Waals surface area contributed by atoms with Gasteiger partial charge >= 0.3 is 12.1 Å². The second-order valence-corrected chi connectivity index (χ2v) is 7.37. The lowest BCUT2D eigenvalue weighted by atomic mass is 9.78. The number of hydrogen-bond acceptors (Lipinski definition) is 2. The molecule has 0 radical (unpaired) electrons. The summed E-state index contributed by atoms with van der Waals surface area (Å²) in [6, 6.07) is 13.8. The lowest BCUT2D eigenvalue weighted by Gasteiger charge is -2.26. The fourth-order valence-corrected chi connectivity index (χ4v) is 2.69. The molecule has 2 aromatic carbocycles. The predicted molar refractivity (Wildman–Crippen MR) is 102 cm³/mol. The van der Waals surface area contributed by atoms with Crippen LogP contribution in [-0.2, 0) is 5.41 Å². The summed E-state index contributed by atoms with van der Waals surface area (Å²) in [6.45, 7) is 4.99. The van der Waals surface area contributed by atoms with Gasteiger partial charge < -0.3 is 9.47 Å². The normalized spacial score (nSPS) is 12.7. The van der Waals surface area contributed by atoms with Crippen LogP contribution >= 0.6 is 0 Å². The summed E-state index contributed by atoms with van der Waals surface area (Å²) in [5, 5.41) is 0. The highest BCUT2D eigenvalue weighted by atomic mass is 19.4. The first-order valence-electron chi connectivity index (χ1n) is 9.38. The van der Waals surface area contributed by atoms with E-state index in [2.05, 4.69) is 11.7 Å². The second-order valence-electron chi connectivity index (χ2n) is 7.37. The van der Waals surface area contributed by atoms with Crippen LogP contribution < -0.4 is 9.47 Å². The third kappa shape index (κ3) is 5.84. The molecule has 2 nitrogen and oxygen atoms in total. The molecular formula is C22H25F5O2. The molecule has 0 bridgehead atoms. The van der Waals surface area contributed by atoms with Gasteiger partial charge in [0.15, 0.2) is 6.61 Å². The molecule has 0 unspecified atom stereocenters. The first-order chi connectivity index (χ1) is 13.5. The van der Waals surface area contributed by atoms with E-state index in [0.29, 0.717) is 6.61 Å². The molecule has 0 saturated carbocycles. The van der Waals surface area contributed by atoms with Crippen molar-refractivity contribution in [3.8, 4) is 11.5 Å². The molecule has 2 rings (SSSR count). The summed E-state index contributed by atoms with van der Waals surface area (Å²) < 4.78 is 72.9. The number of ether oxygens (including phenoxy) is 2. The second kappa shape index (κ2) is 9.01. The summed E-state index contributed by atoms with van der Waals surface area (Å²) in [6.07, 6.45) is -3.60. The largest absolute Gasteiger partial charge is 0.494 e. The predicted octanol–water partition coefficient (Wildman–Crippen LogP) is 6.77. The van der Waals surface area contributed by atoms with E-state index in [1.807, 2.05) is 38.1 Å². The van der Waals surface area contributed by atoms with E-state index < -0.39 is 24.1 Å². The van der Waals surface area contributed by atoms with Gasteiger partial charge in [-0.15, -0.1) is 0 Å². The average molecular weight is 416 g/mol. The van der Waals surface area contributed by atoms with Crippen LogP contribution in [0.1, 0.15) is 44.7 Å². The molecule has 7 heteroatoms. The van der Waals surface area contributed by atoms with Crippen molar-refractivity contribution in [2.24, 2.45) is 0 Å². The Balaban J connectivity index is 2.06. The topological polar surface area (TPSA) is 18.5 Å². The maximum atomic E-state index is 13.0. The van der Waals surface area contributed by atoms with E-state index in [9.17, 15) is 22.0 Å². The Kier molecular flexibility index (Phi) is 7.14. The first kappa shape index (κ1) is 23.0. The molecule has 0 aliphatic carbocycles. The van der Waals surface area contributed by atoms with Crippen LogP contribution in [0.5, 0.6) is 11.5 Å². The van der Waals surface area contributed by atoms with E-state index >= 15 is 0 Å². The molecule has 0 amide bonds. The Labute approximate surface area is 167 Å². The molecular weight excluding hydrogens is 391 g/mol. The minimum atomic E-state index is -5.64. The zero-order valence-electron chi connectivity index (χ0n) is 16.7. The minimum Gasteiger partial charge on any atom is -0.494 e. The fraction of sp³-hybridized carbons (Fsp3) is 0.455. The van der Waals surface area contributed by atoms with Gasteiger partial charge in [-0.05, 0) is 41.8 Å². The van der Waals surface area contributed by atoms with Gasteiger partial charge in [0.05, 0.1) is 6.61 Å². The van der Waals surface area contributed by atoms with Gasteiger partial charge in [0.25, 0.3) is 0 Å². The zero-order chi connectivity index (χ0) is 21.7. The van der Waals surface area contributed by atoms with Crippen molar-refractivity contribution in [3.63, 3.8) is 0 Å². The lowest BCUT2D eigenvalue weighted by molar-refractivity contribution is -0.290. The Morgan fingerprint density at radius 3 is 1.59 bits per heavy atom. The van der Waals surface area contributed by atoms with E-state index in [0.717, 1.165) is 29.7 Å². The van der Waals surface area contributed by atoms with Gasteiger partial charge in [-0.25, -0.2) is 0 Å². The van der Waals surface area contributed by atoms with E-state index in [1.54, 1.807) is 12.1 Å². The number of benzene rings is 2. The third-order valence-corrected chi connectivity index (χ3v) is 4.75. The molecule has 0 aliphatic rings. The van der Waals surface area contributed by atoms with Gasteiger partial charge in [-0.1, -0.05) is 51.5 Å². The molecule has 0 heterocycles. The molecule has 0 N–H and O–H groups in total. The van der Waals surface area contributed by atoms with Gasteiger partial charge in [0.2, 0.25) is 0 Å². The van der Waals surface area contributed by atoms with Gasteiger partial charge in [0, 0.05) is 5.41 Å². The van der Waals surface area contributed by atoms with Crippen molar-refractivity contribution in [3.05, 3.63) is 59.7 Å². The van der Waals surface area contributed by atoms with Crippen LogP contribution in [0, 0.1) is 0 Å². The maximum Gasteiger partial charge on any atom is 0.456 e. The Morgan fingerprint density at radius 1 is 0.724 bits per heavy atom. The standard InChI is InChI=1S/C22H25F5O2/c1-4-5-14-28-18-10-6-16(7-11-18)20(2,3)17-8-12-19(13-9-17)29-15-21(23,24)22(25,26)27/h6-13H,4-5,14-15H2,1-3H3. The fourth-order valence-electron chi connectivity index (χ4n) is 2.69. The number of hydrogen-bond donors (Lipinski definition) is 0. The van der Waals surface area contributed by atoms with Crippen LogP contribution in [0.2, 0.25) is 0 Å². The molecule has 160 valence electrons. The Bertz CT molecular complexity index is 765. The van der Waals surface area contributed by atoms with Crippen molar-refractivity contribution in [2.75, 3.05) is 13.2 Å². The first-order valence-corrected chi connectivity index (χ1v) is 9.38. The summed E-state index contributed by atoms with van der Waals surface area (Å²) >= 11 is 0. The minimum absolute atomic E-state index is 0.0480. The molecule has 0 saturated heterocycles. The van der Waals surface area contributed by atoms with Crippen LogP contribution in [-0.4, -0.2) is 25.3 Å². The number of halogens is 5.